The van der Waals surface area contributed by atoms with E-state index in [0.717, 1.165) is 28.7 Å². The molecule has 0 spiro atoms. The van der Waals surface area contributed by atoms with Crippen molar-refractivity contribution in [3.8, 4) is 0 Å². The van der Waals surface area contributed by atoms with Gasteiger partial charge in [-0.2, -0.15) is 0 Å². The molecule has 4 nitrogen and oxygen atoms in total. The molecule has 0 saturated heterocycles. The molecule has 2 heterocycles. The monoisotopic (exact) mass is 253 g/mol. The summed E-state index contributed by atoms with van der Waals surface area (Å²) in [5.74, 6) is 0. The predicted molar refractivity (Wildman–Crippen MR) is 73.8 cm³/mol. The Kier molecular flexibility index (Phi) is 3.25. The van der Waals surface area contributed by atoms with E-state index in [1.807, 2.05) is 18.2 Å². The fourth-order valence-electron chi connectivity index (χ4n) is 2.30. The van der Waals surface area contributed by atoms with Gasteiger partial charge < -0.3 is 9.73 Å². The van der Waals surface area contributed by atoms with Crippen molar-refractivity contribution in [2.45, 2.75) is 13.0 Å². The molecule has 1 unspecified atom stereocenters. The molecule has 1 atom stereocenters. The largest absolute Gasteiger partial charge is 0.472 e. The van der Waals surface area contributed by atoms with Crippen LogP contribution in [-0.2, 0) is 0 Å². The Bertz CT molecular complexity index is 659. The minimum absolute atomic E-state index is 0.0733. The van der Waals surface area contributed by atoms with Crippen molar-refractivity contribution < 1.29 is 4.42 Å². The smallest absolute Gasteiger partial charge is 0.0953 e. The lowest BCUT2D eigenvalue weighted by Crippen LogP contribution is -2.22. The first-order chi connectivity index (χ1) is 9.40. The predicted octanol–water partition coefficient (Wildman–Crippen LogP) is 2.92. The van der Waals surface area contributed by atoms with Crippen molar-refractivity contribution in [1.82, 2.24) is 15.3 Å². The van der Waals surface area contributed by atoms with Gasteiger partial charge in [-0.1, -0.05) is 19.1 Å². The number of nitrogens with zero attached hydrogens (tertiary/aromatic N) is 2. The van der Waals surface area contributed by atoms with E-state index >= 15 is 0 Å². The molecule has 1 aromatic carbocycles. The van der Waals surface area contributed by atoms with Gasteiger partial charge in [0.1, 0.15) is 0 Å². The zero-order valence-corrected chi connectivity index (χ0v) is 10.7. The van der Waals surface area contributed by atoms with Crippen LogP contribution in [-0.4, -0.2) is 16.5 Å². The van der Waals surface area contributed by atoms with E-state index in [2.05, 4.69) is 28.3 Å². The molecule has 3 aromatic rings. The second-order valence-corrected chi connectivity index (χ2v) is 4.32. The molecule has 3 rings (SSSR count). The lowest BCUT2D eigenvalue weighted by atomic mass is 9.99. The first-order valence-corrected chi connectivity index (χ1v) is 6.35. The maximum absolute atomic E-state index is 5.20. The van der Waals surface area contributed by atoms with E-state index in [0.29, 0.717) is 0 Å². The molecule has 0 radical (unpaired) electrons. The first-order valence-electron chi connectivity index (χ1n) is 6.35. The summed E-state index contributed by atoms with van der Waals surface area (Å²) in [5, 5.41) is 3.47. The number of rotatable bonds is 4. The normalized spacial score (nSPS) is 12.7. The van der Waals surface area contributed by atoms with Gasteiger partial charge in [-0.15, -0.1) is 0 Å². The van der Waals surface area contributed by atoms with Crippen LogP contribution in [0.2, 0.25) is 0 Å². The maximum Gasteiger partial charge on any atom is 0.0953 e. The highest BCUT2D eigenvalue weighted by molar-refractivity contribution is 5.78. The summed E-state index contributed by atoms with van der Waals surface area (Å²) in [6.45, 7) is 2.95. The molecule has 4 heteroatoms. The van der Waals surface area contributed by atoms with Crippen LogP contribution in [0.3, 0.4) is 0 Å². The molecule has 0 aliphatic carbocycles. The average molecular weight is 253 g/mol. The van der Waals surface area contributed by atoms with Crippen LogP contribution >= 0.6 is 0 Å². The van der Waals surface area contributed by atoms with Crippen molar-refractivity contribution in [2.75, 3.05) is 6.54 Å². The summed E-state index contributed by atoms with van der Waals surface area (Å²) in [6, 6.07) is 8.12. The van der Waals surface area contributed by atoms with Gasteiger partial charge in [-0.3, -0.25) is 9.97 Å². The third-order valence-corrected chi connectivity index (χ3v) is 3.13. The van der Waals surface area contributed by atoms with Gasteiger partial charge in [-0.05, 0) is 18.7 Å². The fourth-order valence-corrected chi connectivity index (χ4v) is 2.30. The summed E-state index contributed by atoms with van der Waals surface area (Å²) >= 11 is 0. The van der Waals surface area contributed by atoms with Gasteiger partial charge in [0.15, 0.2) is 0 Å². The molecule has 0 aliphatic rings. The Hall–Kier alpha value is -2.20. The van der Waals surface area contributed by atoms with Crippen LogP contribution in [0.5, 0.6) is 0 Å². The molecule has 0 aliphatic heterocycles. The highest BCUT2D eigenvalue weighted by atomic mass is 16.3. The SMILES string of the molecule is CCNC(c1ccoc1)c1cccc2nccnc12. The lowest BCUT2D eigenvalue weighted by molar-refractivity contribution is 0.553. The van der Waals surface area contributed by atoms with Gasteiger partial charge in [0.2, 0.25) is 0 Å². The quantitative estimate of drug-likeness (QED) is 0.776. The molecule has 0 saturated carbocycles. The van der Waals surface area contributed by atoms with Crippen LogP contribution in [0.4, 0.5) is 0 Å². The number of fused-ring (bicyclic) bond motifs is 1. The minimum atomic E-state index is 0.0733. The molecule has 0 bridgehead atoms. The number of hydrogen-bond acceptors (Lipinski definition) is 4. The highest BCUT2D eigenvalue weighted by Crippen LogP contribution is 2.27. The van der Waals surface area contributed by atoms with Crippen molar-refractivity contribution >= 4 is 11.0 Å². The van der Waals surface area contributed by atoms with Gasteiger partial charge >= 0.3 is 0 Å². The van der Waals surface area contributed by atoms with E-state index in [1.54, 1.807) is 24.9 Å². The Balaban J connectivity index is 2.15. The third kappa shape index (κ3) is 2.22. The summed E-state index contributed by atoms with van der Waals surface area (Å²) in [6.07, 6.45) is 6.90. The summed E-state index contributed by atoms with van der Waals surface area (Å²) < 4.78 is 5.20. The van der Waals surface area contributed by atoms with Crippen LogP contribution in [0.1, 0.15) is 24.1 Å². The first kappa shape index (κ1) is 11.9. The number of nitrogens with one attached hydrogen (secondary N) is 1. The Labute approximate surface area is 111 Å². The molecule has 0 amide bonds. The number of furan rings is 1. The Morgan fingerprint density at radius 3 is 2.89 bits per heavy atom. The topological polar surface area (TPSA) is 51.0 Å². The molecule has 0 fully saturated rings. The van der Waals surface area contributed by atoms with E-state index in [-0.39, 0.29) is 6.04 Å². The molecular weight excluding hydrogens is 238 g/mol. The number of para-hydroxylation sites is 1. The number of aromatic nitrogens is 2. The van der Waals surface area contributed by atoms with E-state index < -0.39 is 0 Å². The number of hydrogen-bond donors (Lipinski definition) is 1. The van der Waals surface area contributed by atoms with Crippen LogP contribution in [0.15, 0.2) is 53.6 Å². The Morgan fingerprint density at radius 1 is 1.21 bits per heavy atom. The number of benzene rings is 1. The standard InChI is InChI=1S/C15H15N3O/c1-2-16-14(11-6-9-19-10-11)12-4-3-5-13-15(12)18-8-7-17-13/h3-10,14,16H,2H2,1H3. The van der Waals surface area contributed by atoms with Gasteiger partial charge in [0.05, 0.1) is 29.6 Å². The van der Waals surface area contributed by atoms with Gasteiger partial charge in [0, 0.05) is 23.5 Å². The van der Waals surface area contributed by atoms with Crippen molar-refractivity contribution in [3.05, 3.63) is 60.3 Å². The van der Waals surface area contributed by atoms with Gasteiger partial charge in [-0.25, -0.2) is 0 Å². The van der Waals surface area contributed by atoms with Crippen molar-refractivity contribution in [1.29, 1.82) is 0 Å². The molecule has 2 aromatic heterocycles. The third-order valence-electron chi connectivity index (χ3n) is 3.13. The van der Waals surface area contributed by atoms with Crippen LogP contribution in [0, 0.1) is 0 Å². The lowest BCUT2D eigenvalue weighted by Gasteiger charge is -2.18. The maximum atomic E-state index is 5.20. The average Bonchev–Trinajstić information content (AvgIpc) is 2.98. The van der Waals surface area contributed by atoms with E-state index in [9.17, 15) is 0 Å². The van der Waals surface area contributed by atoms with Crippen LogP contribution in [0.25, 0.3) is 11.0 Å². The molecular formula is C15H15N3O. The zero-order valence-electron chi connectivity index (χ0n) is 10.7. The van der Waals surface area contributed by atoms with Crippen LogP contribution < -0.4 is 5.32 Å². The second-order valence-electron chi connectivity index (χ2n) is 4.32. The minimum Gasteiger partial charge on any atom is -0.472 e. The van der Waals surface area contributed by atoms with Crippen molar-refractivity contribution in [2.24, 2.45) is 0 Å². The molecule has 96 valence electrons. The summed E-state index contributed by atoms with van der Waals surface area (Å²) in [7, 11) is 0. The fraction of sp³-hybridized carbons (Fsp3) is 0.200. The van der Waals surface area contributed by atoms with E-state index in [4.69, 9.17) is 4.42 Å². The summed E-state index contributed by atoms with van der Waals surface area (Å²) in [4.78, 5) is 8.81. The molecule has 1 N–H and O–H groups in total. The second kappa shape index (κ2) is 5.20. The highest BCUT2D eigenvalue weighted by Gasteiger charge is 2.17. The Morgan fingerprint density at radius 2 is 2.11 bits per heavy atom. The van der Waals surface area contributed by atoms with Crippen molar-refractivity contribution in [3.63, 3.8) is 0 Å². The summed E-state index contributed by atoms with van der Waals surface area (Å²) in [5.41, 5.74) is 4.05. The van der Waals surface area contributed by atoms with Gasteiger partial charge in [0.25, 0.3) is 0 Å². The van der Waals surface area contributed by atoms with E-state index in [1.165, 1.54) is 0 Å². The zero-order chi connectivity index (χ0) is 13.1. The molecule has 19 heavy (non-hydrogen) atoms.